The van der Waals surface area contributed by atoms with E-state index in [0.29, 0.717) is 5.38 Å². The van der Waals surface area contributed by atoms with Gasteiger partial charge in [0.1, 0.15) is 0 Å². The molecular formula is C5H10ClN. The van der Waals surface area contributed by atoms with Gasteiger partial charge in [0, 0.05) is 11.9 Å². The largest absolute Gasteiger partial charge is 0.305 e. The zero-order valence-electron chi connectivity index (χ0n) is 4.52. The number of nitrogens with zero attached hydrogens (tertiary/aromatic N) is 1. The van der Waals surface area contributed by atoms with Gasteiger partial charge in [-0.3, -0.25) is 0 Å². The summed E-state index contributed by atoms with van der Waals surface area (Å²) in [6, 6.07) is 0. The lowest BCUT2D eigenvalue weighted by Crippen LogP contribution is -2.13. The van der Waals surface area contributed by atoms with Gasteiger partial charge >= 0.3 is 0 Å². The molecule has 1 heterocycles. The summed E-state index contributed by atoms with van der Waals surface area (Å²) in [7, 11) is 2.10. The van der Waals surface area contributed by atoms with Crippen molar-refractivity contribution in [1.29, 1.82) is 0 Å². The van der Waals surface area contributed by atoms with Crippen LogP contribution in [-0.2, 0) is 0 Å². The minimum atomic E-state index is 0.421. The highest BCUT2D eigenvalue weighted by atomic mass is 35.5. The highest BCUT2D eigenvalue weighted by Gasteiger charge is 2.15. The zero-order valence-corrected chi connectivity index (χ0v) is 5.28. The van der Waals surface area contributed by atoms with Crippen LogP contribution < -0.4 is 0 Å². The van der Waals surface area contributed by atoms with Gasteiger partial charge in [-0.2, -0.15) is 0 Å². The van der Waals surface area contributed by atoms with Crippen molar-refractivity contribution in [2.24, 2.45) is 0 Å². The summed E-state index contributed by atoms with van der Waals surface area (Å²) >= 11 is 5.77. The van der Waals surface area contributed by atoms with Crippen LogP contribution >= 0.6 is 11.6 Å². The number of alkyl halides is 1. The van der Waals surface area contributed by atoms with Crippen LogP contribution in [0.15, 0.2) is 0 Å². The SMILES string of the molecule is CN1CC[C@@H](Cl)C1. The van der Waals surface area contributed by atoms with E-state index in [4.69, 9.17) is 11.6 Å². The number of likely N-dealkylation sites (tertiary alicyclic amines) is 1. The van der Waals surface area contributed by atoms with Crippen LogP contribution in [0.1, 0.15) is 6.42 Å². The fourth-order valence-electron chi connectivity index (χ4n) is 0.881. The topological polar surface area (TPSA) is 3.24 Å². The van der Waals surface area contributed by atoms with Gasteiger partial charge in [0.05, 0.1) is 0 Å². The second-order valence-electron chi connectivity index (χ2n) is 2.15. The second kappa shape index (κ2) is 2.01. The van der Waals surface area contributed by atoms with E-state index in [0.717, 1.165) is 13.0 Å². The molecule has 0 aromatic rings. The molecular weight excluding hydrogens is 110 g/mol. The van der Waals surface area contributed by atoms with Crippen LogP contribution in [0.4, 0.5) is 0 Å². The highest BCUT2D eigenvalue weighted by molar-refractivity contribution is 6.20. The zero-order chi connectivity index (χ0) is 5.28. The Morgan fingerprint density at radius 2 is 2.43 bits per heavy atom. The van der Waals surface area contributed by atoms with E-state index in [9.17, 15) is 0 Å². The minimum Gasteiger partial charge on any atom is -0.305 e. The molecule has 1 atom stereocenters. The molecule has 1 nitrogen and oxygen atoms in total. The van der Waals surface area contributed by atoms with Crippen molar-refractivity contribution in [3.05, 3.63) is 0 Å². The third kappa shape index (κ3) is 1.32. The van der Waals surface area contributed by atoms with Crippen molar-refractivity contribution in [1.82, 2.24) is 4.90 Å². The van der Waals surface area contributed by atoms with Gasteiger partial charge in [-0.15, -0.1) is 11.6 Å². The first-order chi connectivity index (χ1) is 3.29. The lowest BCUT2D eigenvalue weighted by molar-refractivity contribution is 0.418. The maximum Gasteiger partial charge on any atom is 0.0475 e. The van der Waals surface area contributed by atoms with Gasteiger partial charge in [-0.25, -0.2) is 0 Å². The Kier molecular flexibility index (Phi) is 1.55. The molecule has 1 fully saturated rings. The average Bonchev–Trinajstić information content (AvgIpc) is 1.87. The summed E-state index contributed by atoms with van der Waals surface area (Å²) in [5, 5.41) is 0.421. The summed E-state index contributed by atoms with van der Waals surface area (Å²) in [6.07, 6.45) is 1.16. The summed E-state index contributed by atoms with van der Waals surface area (Å²) < 4.78 is 0. The first-order valence-corrected chi connectivity index (χ1v) is 3.05. The maximum atomic E-state index is 5.77. The van der Waals surface area contributed by atoms with Gasteiger partial charge in [0.25, 0.3) is 0 Å². The normalized spacial score (nSPS) is 34.3. The van der Waals surface area contributed by atoms with Crippen LogP contribution in [0.2, 0.25) is 0 Å². The molecule has 0 N–H and O–H groups in total. The van der Waals surface area contributed by atoms with E-state index in [2.05, 4.69) is 11.9 Å². The van der Waals surface area contributed by atoms with Gasteiger partial charge in [0.2, 0.25) is 0 Å². The fraction of sp³-hybridized carbons (Fsp3) is 1.00. The van der Waals surface area contributed by atoms with Crippen LogP contribution in [0, 0.1) is 0 Å². The minimum absolute atomic E-state index is 0.421. The summed E-state index contributed by atoms with van der Waals surface area (Å²) in [6.45, 7) is 2.25. The molecule has 42 valence electrons. The van der Waals surface area contributed by atoms with E-state index in [-0.39, 0.29) is 0 Å². The molecule has 0 radical (unpaired) electrons. The third-order valence-corrected chi connectivity index (χ3v) is 1.69. The Balaban J connectivity index is 2.26. The molecule has 1 aliphatic rings. The lowest BCUT2D eigenvalue weighted by atomic mass is 10.4. The quantitative estimate of drug-likeness (QED) is 0.429. The van der Waals surface area contributed by atoms with Crippen LogP contribution in [0.25, 0.3) is 0 Å². The molecule has 7 heavy (non-hydrogen) atoms. The van der Waals surface area contributed by atoms with E-state index < -0.39 is 0 Å². The van der Waals surface area contributed by atoms with Gasteiger partial charge < -0.3 is 4.90 Å². The number of hydrogen-bond donors (Lipinski definition) is 0. The van der Waals surface area contributed by atoms with Crippen molar-refractivity contribution in [3.8, 4) is 0 Å². The first-order valence-electron chi connectivity index (χ1n) is 2.61. The van der Waals surface area contributed by atoms with Crippen LogP contribution in [0.3, 0.4) is 0 Å². The van der Waals surface area contributed by atoms with E-state index in [1.54, 1.807) is 0 Å². The molecule has 1 aliphatic heterocycles. The number of hydrogen-bond acceptors (Lipinski definition) is 1. The Morgan fingerprint density at radius 1 is 1.71 bits per heavy atom. The third-order valence-electron chi connectivity index (χ3n) is 1.33. The number of rotatable bonds is 0. The predicted octanol–water partition coefficient (Wildman–Crippen LogP) is 0.929. The number of halogens is 1. The molecule has 0 saturated carbocycles. The van der Waals surface area contributed by atoms with Crippen LogP contribution in [-0.4, -0.2) is 30.4 Å². The average molecular weight is 120 g/mol. The molecule has 0 unspecified atom stereocenters. The monoisotopic (exact) mass is 119 g/mol. The van der Waals surface area contributed by atoms with Gasteiger partial charge in [0.15, 0.2) is 0 Å². The van der Waals surface area contributed by atoms with Gasteiger partial charge in [-0.05, 0) is 20.0 Å². The Bertz CT molecular complexity index is 57.1. The molecule has 1 rings (SSSR count). The molecule has 0 aliphatic carbocycles. The van der Waals surface area contributed by atoms with E-state index >= 15 is 0 Å². The molecule has 0 aromatic heterocycles. The van der Waals surface area contributed by atoms with Crippen molar-refractivity contribution >= 4 is 11.6 Å². The molecule has 0 aromatic carbocycles. The molecule has 0 spiro atoms. The molecule has 0 amide bonds. The Labute approximate surface area is 49.3 Å². The smallest absolute Gasteiger partial charge is 0.0475 e. The summed E-state index contributed by atoms with van der Waals surface area (Å²) in [4.78, 5) is 2.25. The first kappa shape index (κ1) is 5.39. The lowest BCUT2D eigenvalue weighted by Gasteiger charge is -2.02. The van der Waals surface area contributed by atoms with Crippen LogP contribution in [0.5, 0.6) is 0 Å². The Hall–Kier alpha value is 0.250. The maximum absolute atomic E-state index is 5.77. The molecule has 0 bridgehead atoms. The standard InChI is InChI=1S/C5H10ClN/c1-7-3-2-5(6)4-7/h5H,2-4H2,1H3/t5-/m1/s1. The van der Waals surface area contributed by atoms with Crippen molar-refractivity contribution in [2.45, 2.75) is 11.8 Å². The Morgan fingerprint density at radius 3 is 2.57 bits per heavy atom. The molecule has 2 heteroatoms. The molecule has 1 saturated heterocycles. The fourth-order valence-corrected chi connectivity index (χ4v) is 1.21. The second-order valence-corrected chi connectivity index (χ2v) is 2.77. The van der Waals surface area contributed by atoms with Crippen molar-refractivity contribution < 1.29 is 0 Å². The summed E-state index contributed by atoms with van der Waals surface area (Å²) in [5.74, 6) is 0. The highest BCUT2D eigenvalue weighted by Crippen LogP contribution is 2.11. The van der Waals surface area contributed by atoms with Crippen molar-refractivity contribution in [2.75, 3.05) is 20.1 Å². The summed E-state index contributed by atoms with van der Waals surface area (Å²) in [5.41, 5.74) is 0. The van der Waals surface area contributed by atoms with Gasteiger partial charge in [-0.1, -0.05) is 0 Å². The van der Waals surface area contributed by atoms with Crippen molar-refractivity contribution in [3.63, 3.8) is 0 Å². The van der Waals surface area contributed by atoms with E-state index in [1.807, 2.05) is 0 Å². The van der Waals surface area contributed by atoms with E-state index in [1.165, 1.54) is 6.54 Å². The predicted molar refractivity (Wildman–Crippen MR) is 31.8 cm³/mol.